The standard InChI is InChI=1S/C35H33ClN4O/c1-24-35-29(21-34(41-35)25-8-10-30(36)11-9-25)19-28-20-31(39-17-15-37-16-18-39)12-13-33(28)40(24)23-27-5-2-3-7-32(27)26-6-4-14-38-22-26/h2-14,21-22,31,37H,1,15-20,23H2. The number of nitrogens with zero attached hydrogens (tertiary/aromatic N) is 3. The highest BCUT2D eigenvalue weighted by Gasteiger charge is 2.32. The van der Waals surface area contributed by atoms with Crippen LogP contribution in [0.4, 0.5) is 0 Å². The van der Waals surface area contributed by atoms with Crippen molar-refractivity contribution < 1.29 is 4.42 Å². The Balaban J connectivity index is 1.29. The van der Waals surface area contributed by atoms with E-state index >= 15 is 0 Å². The molecule has 1 atom stereocenters. The largest absolute Gasteiger partial charge is 0.454 e. The van der Waals surface area contributed by atoms with E-state index in [0.29, 0.717) is 17.6 Å². The van der Waals surface area contributed by atoms with Crippen LogP contribution in [0.25, 0.3) is 28.1 Å². The van der Waals surface area contributed by atoms with Gasteiger partial charge in [-0.1, -0.05) is 54.6 Å². The zero-order valence-corrected chi connectivity index (χ0v) is 23.8. The van der Waals surface area contributed by atoms with E-state index in [0.717, 1.165) is 67.4 Å². The molecule has 0 spiro atoms. The number of fused-ring (bicyclic) bond motifs is 1. The van der Waals surface area contributed by atoms with Crippen LogP contribution in [0.5, 0.6) is 0 Å². The first kappa shape index (κ1) is 26.0. The lowest BCUT2D eigenvalue weighted by Crippen LogP contribution is -2.48. The van der Waals surface area contributed by atoms with Gasteiger partial charge in [-0.05, 0) is 72.0 Å². The van der Waals surface area contributed by atoms with E-state index in [9.17, 15) is 0 Å². The molecule has 6 heteroatoms. The summed E-state index contributed by atoms with van der Waals surface area (Å²) in [5, 5.41) is 4.21. The third-order valence-electron chi connectivity index (χ3n) is 8.45. The van der Waals surface area contributed by atoms with Gasteiger partial charge in [0.2, 0.25) is 0 Å². The smallest absolute Gasteiger partial charge is 0.154 e. The van der Waals surface area contributed by atoms with Gasteiger partial charge in [0.05, 0.1) is 5.70 Å². The van der Waals surface area contributed by atoms with Crippen LogP contribution >= 0.6 is 11.6 Å². The molecule has 206 valence electrons. The maximum absolute atomic E-state index is 6.59. The molecule has 3 aliphatic rings. The zero-order valence-electron chi connectivity index (χ0n) is 23.0. The zero-order chi connectivity index (χ0) is 27.8. The quantitative estimate of drug-likeness (QED) is 0.280. The summed E-state index contributed by atoms with van der Waals surface area (Å²) in [5.41, 5.74) is 9.26. The fourth-order valence-electron chi connectivity index (χ4n) is 6.32. The molecular weight excluding hydrogens is 528 g/mol. The van der Waals surface area contributed by atoms with E-state index < -0.39 is 0 Å². The van der Waals surface area contributed by atoms with Gasteiger partial charge in [-0.3, -0.25) is 9.88 Å². The number of furan rings is 1. The first-order chi connectivity index (χ1) is 20.1. The summed E-state index contributed by atoms with van der Waals surface area (Å²) < 4.78 is 6.59. The number of hydrogen-bond donors (Lipinski definition) is 1. The van der Waals surface area contributed by atoms with E-state index in [1.54, 1.807) is 0 Å². The summed E-state index contributed by atoms with van der Waals surface area (Å²) >= 11 is 6.18. The second kappa shape index (κ2) is 11.2. The average Bonchev–Trinajstić information content (AvgIpc) is 3.41. The Kier molecular flexibility index (Phi) is 7.09. The van der Waals surface area contributed by atoms with Crippen molar-refractivity contribution in [2.24, 2.45) is 0 Å². The molecule has 2 aromatic heterocycles. The molecule has 0 bridgehead atoms. The number of rotatable bonds is 5. The van der Waals surface area contributed by atoms with Crippen LogP contribution in [0.15, 0.2) is 114 Å². The van der Waals surface area contributed by atoms with Crippen molar-refractivity contribution in [3.63, 3.8) is 0 Å². The predicted octanol–water partition coefficient (Wildman–Crippen LogP) is 7.18. The summed E-state index contributed by atoms with van der Waals surface area (Å²) in [6.07, 6.45) is 10.3. The van der Waals surface area contributed by atoms with Gasteiger partial charge < -0.3 is 14.6 Å². The van der Waals surface area contributed by atoms with Gasteiger partial charge in [0.1, 0.15) is 5.76 Å². The van der Waals surface area contributed by atoms with Crippen LogP contribution in [0.1, 0.15) is 23.3 Å². The highest BCUT2D eigenvalue weighted by atomic mass is 35.5. The number of benzene rings is 2. The molecule has 4 aromatic rings. The Morgan fingerprint density at radius 1 is 1.00 bits per heavy atom. The lowest BCUT2D eigenvalue weighted by atomic mass is 9.91. The maximum atomic E-state index is 6.59. The number of piperazine rings is 1. The molecule has 41 heavy (non-hydrogen) atoms. The highest BCUT2D eigenvalue weighted by Crippen LogP contribution is 2.42. The lowest BCUT2D eigenvalue weighted by Gasteiger charge is -2.37. The van der Waals surface area contributed by atoms with E-state index in [4.69, 9.17) is 16.0 Å². The molecule has 4 heterocycles. The highest BCUT2D eigenvalue weighted by molar-refractivity contribution is 6.30. The van der Waals surface area contributed by atoms with Crippen LogP contribution in [-0.2, 0) is 13.0 Å². The number of allylic oxidation sites excluding steroid dienone is 1. The van der Waals surface area contributed by atoms with Crippen LogP contribution in [0, 0.1) is 0 Å². The molecule has 0 saturated carbocycles. The minimum absolute atomic E-state index is 0.401. The fraction of sp³-hybridized carbons (Fsp3) is 0.229. The normalized spacial score (nSPS) is 19.2. The van der Waals surface area contributed by atoms with Gasteiger partial charge in [0.25, 0.3) is 0 Å². The minimum atomic E-state index is 0.401. The average molecular weight is 561 g/mol. The first-order valence-electron chi connectivity index (χ1n) is 14.3. The van der Waals surface area contributed by atoms with Crippen molar-refractivity contribution in [1.82, 2.24) is 20.1 Å². The second-order valence-corrected chi connectivity index (χ2v) is 11.4. The van der Waals surface area contributed by atoms with Crippen LogP contribution < -0.4 is 5.32 Å². The summed E-state index contributed by atoms with van der Waals surface area (Å²) in [6, 6.07) is 23.1. The summed E-state index contributed by atoms with van der Waals surface area (Å²) in [5.74, 6) is 1.70. The number of halogens is 1. The second-order valence-electron chi connectivity index (χ2n) is 11.0. The number of hydrogen-bond acceptors (Lipinski definition) is 5. The van der Waals surface area contributed by atoms with E-state index in [1.807, 2.05) is 42.7 Å². The van der Waals surface area contributed by atoms with Gasteiger partial charge in [0.15, 0.2) is 5.76 Å². The maximum Gasteiger partial charge on any atom is 0.154 e. The minimum Gasteiger partial charge on any atom is -0.454 e. The molecule has 1 N–H and O–H groups in total. The summed E-state index contributed by atoms with van der Waals surface area (Å²) in [7, 11) is 0. The van der Waals surface area contributed by atoms with Gasteiger partial charge in [-0.2, -0.15) is 0 Å². The monoisotopic (exact) mass is 560 g/mol. The van der Waals surface area contributed by atoms with Gasteiger partial charge in [0, 0.05) is 78.6 Å². The molecule has 2 aliphatic heterocycles. The SMILES string of the molecule is C=C1c2oc(-c3ccc(Cl)cc3)cc2CC2=C(C=CC(N3CCNCC3)C2)N1Cc1ccccc1-c1cccnc1. The van der Waals surface area contributed by atoms with Gasteiger partial charge in [-0.25, -0.2) is 0 Å². The molecule has 7 rings (SSSR count). The Morgan fingerprint density at radius 3 is 2.63 bits per heavy atom. The van der Waals surface area contributed by atoms with Crippen molar-refractivity contribution in [2.45, 2.75) is 25.4 Å². The summed E-state index contributed by atoms with van der Waals surface area (Å²) in [6.45, 7) is 9.54. The fourth-order valence-corrected chi connectivity index (χ4v) is 6.45. The van der Waals surface area contributed by atoms with Crippen molar-refractivity contribution in [3.8, 4) is 22.5 Å². The Hall–Kier alpha value is -3.90. The number of nitrogens with one attached hydrogen (secondary N) is 1. The summed E-state index contributed by atoms with van der Waals surface area (Å²) in [4.78, 5) is 9.34. The van der Waals surface area contributed by atoms with Crippen LogP contribution in [-0.4, -0.2) is 47.0 Å². The van der Waals surface area contributed by atoms with E-state index in [2.05, 4.69) is 75.2 Å². The van der Waals surface area contributed by atoms with Crippen molar-refractivity contribution >= 4 is 17.3 Å². The third-order valence-corrected chi connectivity index (χ3v) is 8.71. The van der Waals surface area contributed by atoms with E-state index in [1.165, 1.54) is 28.0 Å². The van der Waals surface area contributed by atoms with Crippen molar-refractivity contribution in [3.05, 3.63) is 131 Å². The molecule has 1 fully saturated rings. The number of pyridine rings is 1. The van der Waals surface area contributed by atoms with E-state index in [-0.39, 0.29) is 0 Å². The lowest BCUT2D eigenvalue weighted by molar-refractivity contribution is 0.198. The van der Waals surface area contributed by atoms with Gasteiger partial charge in [-0.15, -0.1) is 0 Å². The molecule has 2 aromatic carbocycles. The van der Waals surface area contributed by atoms with Gasteiger partial charge >= 0.3 is 0 Å². The molecular formula is C35H33ClN4O. The van der Waals surface area contributed by atoms with Crippen LogP contribution in [0.3, 0.4) is 0 Å². The Labute approximate surface area is 246 Å². The molecule has 1 aliphatic carbocycles. The Bertz CT molecular complexity index is 1630. The molecule has 5 nitrogen and oxygen atoms in total. The molecule has 0 radical (unpaired) electrons. The van der Waals surface area contributed by atoms with Crippen molar-refractivity contribution in [1.29, 1.82) is 0 Å². The predicted molar refractivity (Wildman–Crippen MR) is 166 cm³/mol. The molecule has 1 saturated heterocycles. The molecule has 0 amide bonds. The van der Waals surface area contributed by atoms with Crippen molar-refractivity contribution in [2.75, 3.05) is 26.2 Å². The van der Waals surface area contributed by atoms with Crippen LogP contribution in [0.2, 0.25) is 5.02 Å². The first-order valence-corrected chi connectivity index (χ1v) is 14.7. The topological polar surface area (TPSA) is 44.5 Å². The third kappa shape index (κ3) is 5.17. The Morgan fingerprint density at radius 2 is 1.83 bits per heavy atom. The molecule has 1 unspecified atom stereocenters. The number of aromatic nitrogens is 1.